The van der Waals surface area contributed by atoms with Crippen molar-refractivity contribution >= 4 is 41.2 Å². The smallest absolute Gasteiger partial charge is 0.328 e. The number of amides is 5. The van der Waals surface area contributed by atoms with Gasteiger partial charge in [0.1, 0.15) is 5.57 Å². The lowest BCUT2D eigenvalue weighted by Gasteiger charge is -2.14. The lowest BCUT2D eigenvalue weighted by molar-refractivity contribution is -0.384. The Bertz CT molecular complexity index is 1140. The summed E-state index contributed by atoms with van der Waals surface area (Å²) >= 11 is 0. The zero-order valence-electron chi connectivity index (χ0n) is 16.5. The van der Waals surface area contributed by atoms with Crippen LogP contribution in [-0.4, -0.2) is 42.4 Å². The molecular formula is C20H16N4O8. The third-order valence-electron chi connectivity index (χ3n) is 4.14. The van der Waals surface area contributed by atoms with Crippen LogP contribution in [0.2, 0.25) is 0 Å². The number of nitrogens with one attached hydrogen (secondary N) is 3. The van der Waals surface area contributed by atoms with Crippen LogP contribution in [0.15, 0.2) is 48.0 Å². The van der Waals surface area contributed by atoms with Gasteiger partial charge in [-0.3, -0.25) is 35.1 Å². The summed E-state index contributed by atoms with van der Waals surface area (Å²) in [7, 11) is 1.36. The van der Waals surface area contributed by atoms with Crippen LogP contribution in [0.1, 0.15) is 5.56 Å². The highest BCUT2D eigenvalue weighted by Gasteiger charge is 2.27. The molecule has 1 saturated heterocycles. The van der Waals surface area contributed by atoms with E-state index in [4.69, 9.17) is 9.47 Å². The zero-order chi connectivity index (χ0) is 23.3. The van der Waals surface area contributed by atoms with E-state index < -0.39 is 35.3 Å². The van der Waals surface area contributed by atoms with E-state index in [1.807, 2.05) is 10.6 Å². The summed E-state index contributed by atoms with van der Waals surface area (Å²) in [6.07, 6.45) is 1.26. The second-order valence-electron chi connectivity index (χ2n) is 6.35. The first-order chi connectivity index (χ1) is 15.3. The molecule has 2 aromatic carbocycles. The Kier molecular flexibility index (Phi) is 6.44. The van der Waals surface area contributed by atoms with Crippen molar-refractivity contribution in [1.29, 1.82) is 0 Å². The van der Waals surface area contributed by atoms with Crippen LogP contribution >= 0.6 is 0 Å². The summed E-state index contributed by atoms with van der Waals surface area (Å²) in [5, 5.41) is 17.2. The SMILES string of the molecule is COc1cc(C=C2C(=O)NC(=O)NC2=O)ccc1OCC(=O)Nc1cccc([N+](=O)[O-])c1. The van der Waals surface area contributed by atoms with E-state index in [1.165, 1.54) is 55.7 Å². The van der Waals surface area contributed by atoms with Gasteiger partial charge < -0.3 is 14.8 Å². The van der Waals surface area contributed by atoms with Gasteiger partial charge in [-0.05, 0) is 29.8 Å². The molecule has 5 amide bonds. The number of non-ortho nitro benzene ring substituents is 1. The monoisotopic (exact) mass is 440 g/mol. The maximum absolute atomic E-state index is 12.1. The normalized spacial score (nSPS) is 13.0. The summed E-state index contributed by atoms with van der Waals surface area (Å²) in [5.74, 6) is -1.81. The Morgan fingerprint density at radius 3 is 2.47 bits per heavy atom. The van der Waals surface area contributed by atoms with Crippen molar-refractivity contribution in [3.63, 3.8) is 0 Å². The molecule has 0 spiro atoms. The zero-order valence-corrected chi connectivity index (χ0v) is 16.5. The quantitative estimate of drug-likeness (QED) is 0.251. The number of carbonyl (C=O) groups excluding carboxylic acids is 4. The molecule has 32 heavy (non-hydrogen) atoms. The van der Waals surface area contributed by atoms with E-state index in [2.05, 4.69) is 5.32 Å². The maximum atomic E-state index is 12.1. The number of urea groups is 1. The summed E-state index contributed by atoms with van der Waals surface area (Å²) < 4.78 is 10.7. The van der Waals surface area contributed by atoms with E-state index in [0.29, 0.717) is 5.56 Å². The molecular weight excluding hydrogens is 424 g/mol. The molecule has 0 bridgehead atoms. The van der Waals surface area contributed by atoms with Crippen molar-refractivity contribution < 1.29 is 33.6 Å². The minimum absolute atomic E-state index is 0.167. The lowest BCUT2D eigenvalue weighted by atomic mass is 10.1. The highest BCUT2D eigenvalue weighted by molar-refractivity contribution is 6.31. The third-order valence-corrected chi connectivity index (χ3v) is 4.14. The average molecular weight is 440 g/mol. The second kappa shape index (κ2) is 9.38. The van der Waals surface area contributed by atoms with Crippen LogP contribution in [0.4, 0.5) is 16.2 Å². The van der Waals surface area contributed by atoms with Crippen LogP contribution in [0.3, 0.4) is 0 Å². The minimum Gasteiger partial charge on any atom is -0.493 e. The fraction of sp³-hybridized carbons (Fsp3) is 0.100. The number of methoxy groups -OCH3 is 1. The number of hydrogen-bond acceptors (Lipinski definition) is 8. The van der Waals surface area contributed by atoms with Crippen LogP contribution in [-0.2, 0) is 14.4 Å². The van der Waals surface area contributed by atoms with Gasteiger partial charge in [0.05, 0.1) is 12.0 Å². The molecule has 1 aliphatic rings. The Balaban J connectivity index is 1.68. The predicted molar refractivity (Wildman–Crippen MR) is 110 cm³/mol. The van der Waals surface area contributed by atoms with Gasteiger partial charge in [-0.2, -0.15) is 0 Å². The number of anilines is 1. The number of hydrogen-bond donors (Lipinski definition) is 3. The molecule has 1 heterocycles. The van der Waals surface area contributed by atoms with Gasteiger partial charge in [0.25, 0.3) is 23.4 Å². The van der Waals surface area contributed by atoms with Crippen molar-refractivity contribution in [2.24, 2.45) is 0 Å². The minimum atomic E-state index is -0.901. The van der Waals surface area contributed by atoms with Gasteiger partial charge in [0, 0.05) is 17.8 Å². The summed E-state index contributed by atoms with van der Waals surface area (Å²) in [6, 6.07) is 9.00. The Morgan fingerprint density at radius 1 is 1.09 bits per heavy atom. The molecule has 1 fully saturated rings. The molecule has 3 N–H and O–H groups in total. The van der Waals surface area contributed by atoms with E-state index in [-0.39, 0.29) is 28.4 Å². The van der Waals surface area contributed by atoms with Crippen molar-refractivity contribution in [1.82, 2.24) is 10.6 Å². The predicted octanol–water partition coefficient (Wildman–Crippen LogP) is 1.37. The molecule has 1 aliphatic heterocycles. The third kappa shape index (κ3) is 5.24. The number of benzene rings is 2. The number of rotatable bonds is 7. The standard InChI is InChI=1S/C20H16N4O8/c1-31-16-8-11(7-14-18(26)22-20(28)23-19(14)27)5-6-15(16)32-10-17(25)21-12-3-2-4-13(9-12)24(29)30/h2-9H,10H2,1H3,(H,21,25)(H2,22,23,26,27,28). The number of imide groups is 2. The molecule has 2 aromatic rings. The molecule has 0 radical (unpaired) electrons. The number of barbiturate groups is 1. The summed E-state index contributed by atoms with van der Waals surface area (Å²) in [6.45, 7) is -0.410. The van der Waals surface area contributed by atoms with Crippen LogP contribution in [0, 0.1) is 10.1 Å². The highest BCUT2D eigenvalue weighted by Crippen LogP contribution is 2.29. The number of nitro benzene ring substituents is 1. The van der Waals surface area contributed by atoms with Crippen molar-refractivity contribution in [2.75, 3.05) is 19.0 Å². The summed E-state index contributed by atoms with van der Waals surface area (Å²) in [5.41, 5.74) is 0.214. The average Bonchev–Trinajstić information content (AvgIpc) is 2.75. The lowest BCUT2D eigenvalue weighted by Crippen LogP contribution is -2.51. The van der Waals surface area contributed by atoms with Gasteiger partial charge in [-0.1, -0.05) is 12.1 Å². The Labute approximate surface area is 180 Å². The molecule has 12 heteroatoms. The maximum Gasteiger partial charge on any atom is 0.328 e. The number of nitro groups is 1. The van der Waals surface area contributed by atoms with Gasteiger partial charge in [0.15, 0.2) is 18.1 Å². The second-order valence-corrected chi connectivity index (χ2v) is 6.35. The summed E-state index contributed by atoms with van der Waals surface area (Å²) in [4.78, 5) is 57.1. The molecule has 0 unspecified atom stereocenters. The Morgan fingerprint density at radius 2 is 1.81 bits per heavy atom. The first-order valence-electron chi connectivity index (χ1n) is 9.00. The van der Waals surface area contributed by atoms with Gasteiger partial charge >= 0.3 is 6.03 Å². The number of carbonyl (C=O) groups is 4. The molecule has 3 rings (SSSR count). The van der Waals surface area contributed by atoms with E-state index in [0.717, 1.165) is 0 Å². The van der Waals surface area contributed by atoms with Crippen LogP contribution in [0.5, 0.6) is 11.5 Å². The fourth-order valence-electron chi connectivity index (χ4n) is 2.70. The molecule has 0 aromatic heterocycles. The molecule has 12 nitrogen and oxygen atoms in total. The molecule has 164 valence electrons. The van der Waals surface area contributed by atoms with Crippen LogP contribution < -0.4 is 25.4 Å². The van der Waals surface area contributed by atoms with Gasteiger partial charge in [-0.25, -0.2) is 4.79 Å². The first-order valence-corrected chi connectivity index (χ1v) is 9.00. The number of ether oxygens (including phenoxy) is 2. The number of nitrogens with zero attached hydrogens (tertiary/aromatic N) is 1. The topological polar surface area (TPSA) is 166 Å². The van der Waals surface area contributed by atoms with E-state index in [1.54, 1.807) is 0 Å². The van der Waals surface area contributed by atoms with E-state index >= 15 is 0 Å². The molecule has 0 saturated carbocycles. The largest absolute Gasteiger partial charge is 0.493 e. The molecule has 0 aliphatic carbocycles. The highest BCUT2D eigenvalue weighted by atomic mass is 16.6. The first kappa shape index (κ1) is 22.0. The Hall–Kier alpha value is -4.74. The molecule has 0 atom stereocenters. The van der Waals surface area contributed by atoms with E-state index in [9.17, 15) is 29.3 Å². The van der Waals surface area contributed by atoms with Crippen molar-refractivity contribution in [3.05, 3.63) is 63.7 Å². The van der Waals surface area contributed by atoms with Crippen LogP contribution in [0.25, 0.3) is 6.08 Å². The van der Waals surface area contributed by atoms with Gasteiger partial charge in [-0.15, -0.1) is 0 Å². The van der Waals surface area contributed by atoms with Crippen molar-refractivity contribution in [3.8, 4) is 11.5 Å². The van der Waals surface area contributed by atoms with Crippen molar-refractivity contribution in [2.45, 2.75) is 0 Å². The van der Waals surface area contributed by atoms with Gasteiger partial charge in [0.2, 0.25) is 0 Å². The fourth-order valence-corrected chi connectivity index (χ4v) is 2.70.